The van der Waals surface area contributed by atoms with Gasteiger partial charge in [-0.15, -0.1) is 11.3 Å². The summed E-state index contributed by atoms with van der Waals surface area (Å²) < 4.78 is 102. The number of nitrogens with one attached hydrogen (secondary N) is 2. The van der Waals surface area contributed by atoms with Gasteiger partial charge in [-0.1, -0.05) is 12.1 Å². The molecule has 40 heavy (non-hydrogen) atoms. The smallest absolute Gasteiger partial charge is 0.475 e. The molecule has 0 bridgehead atoms. The van der Waals surface area contributed by atoms with Gasteiger partial charge in [0.15, 0.2) is 10.7 Å². The van der Waals surface area contributed by atoms with Gasteiger partial charge >= 0.3 is 12.1 Å². The third kappa shape index (κ3) is 9.09. The lowest BCUT2D eigenvalue weighted by Crippen LogP contribution is -2.37. The second-order valence-electron chi connectivity index (χ2n) is 9.31. The van der Waals surface area contributed by atoms with Crippen LogP contribution < -0.4 is 10.0 Å². The van der Waals surface area contributed by atoms with Crippen LogP contribution in [0.5, 0.6) is 0 Å². The number of sulfonamides is 1. The lowest BCUT2D eigenvalue weighted by molar-refractivity contribution is -0.192. The summed E-state index contributed by atoms with van der Waals surface area (Å²) in [7, 11) is -2.60. The standard InChI is InChI=1S/C22H25F3N4O2S2.C2HF3O2/c1-22(2,3)29(4)11-14-6-5-7-17(23)16(14)10-26-15-8-18(24)21(19(25)9-15)33(30,31)28-20-12-32-13-27-20;3-2(4,5)1(6)7/h5-9,12-13,26,28H,10-11H2,1-4H3;(H,6,7). The van der Waals surface area contributed by atoms with E-state index in [1.54, 1.807) is 12.1 Å². The number of carbonyl (C=O) groups is 1. The van der Waals surface area contributed by atoms with Crippen molar-refractivity contribution in [1.82, 2.24) is 9.88 Å². The summed E-state index contributed by atoms with van der Waals surface area (Å²) >= 11 is 1.13. The van der Waals surface area contributed by atoms with Gasteiger partial charge in [0.1, 0.15) is 17.5 Å². The fourth-order valence-corrected chi connectivity index (χ4v) is 4.68. The Labute approximate surface area is 230 Å². The van der Waals surface area contributed by atoms with Crippen molar-refractivity contribution in [3.05, 3.63) is 69.8 Å². The molecule has 0 aliphatic heterocycles. The van der Waals surface area contributed by atoms with Gasteiger partial charge in [-0.25, -0.2) is 31.4 Å². The van der Waals surface area contributed by atoms with E-state index in [2.05, 4.69) is 15.2 Å². The molecular formula is C24H26F6N4O4S2. The zero-order valence-electron chi connectivity index (χ0n) is 21.6. The van der Waals surface area contributed by atoms with Gasteiger partial charge in [0.25, 0.3) is 10.0 Å². The van der Waals surface area contributed by atoms with Crippen LogP contribution in [0.4, 0.5) is 37.8 Å². The molecule has 0 saturated heterocycles. The highest BCUT2D eigenvalue weighted by molar-refractivity contribution is 7.92. The molecule has 0 unspecified atom stereocenters. The van der Waals surface area contributed by atoms with Crippen molar-refractivity contribution < 1.29 is 44.7 Å². The van der Waals surface area contributed by atoms with Crippen LogP contribution in [0.2, 0.25) is 0 Å². The third-order valence-electron chi connectivity index (χ3n) is 5.42. The molecule has 3 aromatic rings. The Morgan fingerprint density at radius 3 is 2.12 bits per heavy atom. The van der Waals surface area contributed by atoms with Gasteiger partial charge in [0.05, 0.1) is 5.51 Å². The Kier molecular flexibility index (Phi) is 10.6. The van der Waals surface area contributed by atoms with Crippen LogP contribution in [-0.2, 0) is 27.9 Å². The van der Waals surface area contributed by atoms with E-state index >= 15 is 0 Å². The number of hydrogen-bond acceptors (Lipinski definition) is 7. The number of alkyl halides is 3. The molecule has 0 fully saturated rings. The Morgan fingerprint density at radius 1 is 1.07 bits per heavy atom. The van der Waals surface area contributed by atoms with Crippen LogP contribution in [0, 0.1) is 17.5 Å². The molecule has 3 rings (SSSR count). The van der Waals surface area contributed by atoms with E-state index in [0.717, 1.165) is 29.0 Å². The summed E-state index contributed by atoms with van der Waals surface area (Å²) in [6, 6.07) is 6.45. The summed E-state index contributed by atoms with van der Waals surface area (Å²) in [4.78, 5) is 13.6. The average Bonchev–Trinajstić information content (AvgIpc) is 3.29. The quantitative estimate of drug-likeness (QED) is 0.274. The minimum atomic E-state index is -5.08. The third-order valence-corrected chi connectivity index (χ3v) is 7.41. The first-order valence-electron chi connectivity index (χ1n) is 11.2. The SMILES string of the molecule is CN(Cc1cccc(F)c1CNc1cc(F)c(S(=O)(=O)Nc2cscn2)c(F)c1)C(C)(C)C.O=C(O)C(F)(F)F. The highest BCUT2D eigenvalue weighted by Gasteiger charge is 2.38. The lowest BCUT2D eigenvalue weighted by Gasteiger charge is -2.32. The molecule has 0 spiro atoms. The molecule has 2 aromatic carbocycles. The van der Waals surface area contributed by atoms with E-state index in [0.29, 0.717) is 12.1 Å². The molecule has 1 heterocycles. The number of rotatable bonds is 8. The Morgan fingerprint density at radius 2 is 1.65 bits per heavy atom. The molecular weight excluding hydrogens is 586 g/mol. The van der Waals surface area contributed by atoms with E-state index in [1.165, 1.54) is 17.0 Å². The van der Waals surface area contributed by atoms with Gasteiger partial charge in [-0.2, -0.15) is 13.2 Å². The molecule has 0 saturated carbocycles. The zero-order chi connectivity index (χ0) is 30.5. The van der Waals surface area contributed by atoms with Crippen LogP contribution in [0.1, 0.15) is 31.9 Å². The minimum Gasteiger partial charge on any atom is -0.475 e. The summed E-state index contributed by atoms with van der Waals surface area (Å²) in [5.74, 6) is -5.79. The molecule has 3 N–H and O–H groups in total. The number of thiazole rings is 1. The highest BCUT2D eigenvalue weighted by Crippen LogP contribution is 2.27. The molecule has 0 radical (unpaired) electrons. The minimum absolute atomic E-state index is 0.0176. The topological polar surface area (TPSA) is 112 Å². The lowest BCUT2D eigenvalue weighted by atomic mass is 10.0. The summed E-state index contributed by atoms with van der Waals surface area (Å²) in [5, 5.41) is 11.3. The molecule has 0 amide bonds. The van der Waals surface area contributed by atoms with Crippen molar-refractivity contribution in [3.8, 4) is 0 Å². The zero-order valence-corrected chi connectivity index (χ0v) is 23.2. The van der Waals surface area contributed by atoms with E-state index in [-0.39, 0.29) is 23.6 Å². The summed E-state index contributed by atoms with van der Waals surface area (Å²) in [6.07, 6.45) is -5.08. The second-order valence-corrected chi connectivity index (χ2v) is 11.6. The molecule has 1 aromatic heterocycles. The molecule has 16 heteroatoms. The van der Waals surface area contributed by atoms with E-state index in [4.69, 9.17) is 9.90 Å². The maximum absolute atomic E-state index is 14.6. The maximum Gasteiger partial charge on any atom is 0.490 e. The molecule has 0 atom stereocenters. The van der Waals surface area contributed by atoms with Crippen molar-refractivity contribution in [1.29, 1.82) is 0 Å². The first-order valence-corrected chi connectivity index (χ1v) is 13.7. The number of anilines is 2. The number of halogens is 6. The second kappa shape index (κ2) is 12.9. The van der Waals surface area contributed by atoms with E-state index < -0.39 is 44.5 Å². The van der Waals surface area contributed by atoms with Crippen LogP contribution in [0.15, 0.2) is 46.1 Å². The largest absolute Gasteiger partial charge is 0.490 e. The number of aromatic nitrogens is 1. The number of carboxylic acid groups (broad SMARTS) is 1. The van der Waals surface area contributed by atoms with Crippen LogP contribution in [0.3, 0.4) is 0 Å². The number of nitrogens with zero attached hydrogens (tertiary/aromatic N) is 2. The number of carboxylic acids is 1. The van der Waals surface area contributed by atoms with Gasteiger partial charge < -0.3 is 10.4 Å². The van der Waals surface area contributed by atoms with E-state index in [1.807, 2.05) is 32.5 Å². The van der Waals surface area contributed by atoms with Crippen molar-refractivity contribution in [2.45, 2.75) is 50.5 Å². The van der Waals surface area contributed by atoms with Gasteiger partial charge in [-0.3, -0.25) is 9.62 Å². The normalized spacial score (nSPS) is 12.1. The first kappa shape index (κ1) is 32.8. The van der Waals surface area contributed by atoms with Gasteiger partial charge in [-0.05, 0) is 51.6 Å². The van der Waals surface area contributed by atoms with Crippen molar-refractivity contribution >= 4 is 38.8 Å². The van der Waals surface area contributed by atoms with Crippen molar-refractivity contribution in [2.75, 3.05) is 17.1 Å². The molecule has 0 aliphatic rings. The predicted molar refractivity (Wildman–Crippen MR) is 138 cm³/mol. The van der Waals surface area contributed by atoms with Gasteiger partial charge in [0, 0.05) is 35.3 Å². The van der Waals surface area contributed by atoms with Crippen LogP contribution in [0.25, 0.3) is 0 Å². The summed E-state index contributed by atoms with van der Waals surface area (Å²) in [6.45, 7) is 6.54. The molecule has 0 aliphatic carbocycles. The summed E-state index contributed by atoms with van der Waals surface area (Å²) in [5.41, 5.74) is 2.31. The van der Waals surface area contributed by atoms with Crippen LogP contribution >= 0.6 is 11.3 Å². The Hall–Kier alpha value is -3.37. The molecule has 8 nitrogen and oxygen atoms in total. The maximum atomic E-state index is 14.6. The number of aliphatic carboxylic acids is 1. The molecule has 220 valence electrons. The Balaban J connectivity index is 0.000000708. The first-order chi connectivity index (χ1) is 18.3. The van der Waals surface area contributed by atoms with Gasteiger partial charge in [0.2, 0.25) is 0 Å². The average molecular weight is 613 g/mol. The van der Waals surface area contributed by atoms with Crippen LogP contribution in [-0.4, -0.2) is 48.1 Å². The fraction of sp³-hybridized carbons (Fsp3) is 0.333. The predicted octanol–water partition coefficient (Wildman–Crippen LogP) is 5.84. The monoisotopic (exact) mass is 612 g/mol. The van der Waals surface area contributed by atoms with Crippen molar-refractivity contribution in [2.24, 2.45) is 0 Å². The van der Waals surface area contributed by atoms with E-state index in [9.17, 15) is 34.8 Å². The highest BCUT2D eigenvalue weighted by atomic mass is 32.2. The Bertz CT molecular complexity index is 1400. The number of benzene rings is 2. The number of hydrogen-bond donors (Lipinski definition) is 3. The van der Waals surface area contributed by atoms with Crippen molar-refractivity contribution in [3.63, 3.8) is 0 Å². The fourth-order valence-electron chi connectivity index (χ4n) is 3.00.